The molecule has 3 aromatic carbocycles. The van der Waals surface area contributed by atoms with E-state index in [1.807, 2.05) is 6.92 Å². The SMILES string of the molecule is CCn1c(=O)sc2cc(NC(=O)CN(c3ccc4c(c3)OCCO4)S(=O)(=O)c3ccccc3)ccc21. The van der Waals surface area contributed by atoms with Crippen LogP contribution in [0.4, 0.5) is 11.4 Å². The van der Waals surface area contributed by atoms with Gasteiger partial charge in [0.25, 0.3) is 10.0 Å². The van der Waals surface area contributed by atoms with Gasteiger partial charge in [0, 0.05) is 18.3 Å². The molecular weight excluding hydrogens is 502 g/mol. The van der Waals surface area contributed by atoms with Gasteiger partial charge in [-0.15, -0.1) is 0 Å². The van der Waals surface area contributed by atoms with E-state index >= 15 is 0 Å². The summed E-state index contributed by atoms with van der Waals surface area (Å²) in [5.74, 6) is 0.386. The molecule has 9 nitrogen and oxygen atoms in total. The van der Waals surface area contributed by atoms with Crippen LogP contribution in [0.5, 0.6) is 11.5 Å². The highest BCUT2D eigenvalue weighted by Crippen LogP contribution is 2.35. The molecule has 0 bridgehead atoms. The van der Waals surface area contributed by atoms with E-state index in [1.54, 1.807) is 59.2 Å². The molecule has 0 aliphatic carbocycles. The number of carbonyl (C=O) groups excluding carboxylic acids is 1. The van der Waals surface area contributed by atoms with Crippen molar-refractivity contribution in [3.8, 4) is 11.5 Å². The monoisotopic (exact) mass is 525 g/mol. The largest absolute Gasteiger partial charge is 0.486 e. The van der Waals surface area contributed by atoms with Crippen LogP contribution in [0, 0.1) is 0 Å². The standard InChI is InChI=1S/C25H23N3O6S2/c1-2-27-20-10-8-17(14-23(20)35-25(27)30)26-24(29)16-28(36(31,32)19-6-4-3-5-7-19)18-9-11-21-22(15-18)34-13-12-33-21/h3-11,14-15H,2,12-13,16H2,1H3,(H,26,29). The van der Waals surface area contributed by atoms with E-state index in [0.29, 0.717) is 36.9 Å². The van der Waals surface area contributed by atoms with Crippen molar-refractivity contribution in [1.29, 1.82) is 0 Å². The summed E-state index contributed by atoms with van der Waals surface area (Å²) < 4.78 is 41.8. The molecule has 5 rings (SSSR count). The Hall–Kier alpha value is -3.83. The minimum atomic E-state index is -4.07. The molecule has 1 N–H and O–H groups in total. The molecule has 4 aromatic rings. The topological polar surface area (TPSA) is 107 Å². The van der Waals surface area contributed by atoms with Crippen molar-refractivity contribution in [1.82, 2.24) is 4.57 Å². The van der Waals surface area contributed by atoms with Crippen molar-refractivity contribution in [2.24, 2.45) is 0 Å². The van der Waals surface area contributed by atoms with E-state index in [9.17, 15) is 18.0 Å². The first-order chi connectivity index (χ1) is 17.4. The summed E-state index contributed by atoms with van der Waals surface area (Å²) in [4.78, 5) is 25.2. The number of ether oxygens (including phenoxy) is 2. The maximum absolute atomic E-state index is 13.6. The Labute approximate surface area is 211 Å². The summed E-state index contributed by atoms with van der Waals surface area (Å²) in [6.45, 7) is 2.72. The molecule has 1 amide bonds. The highest BCUT2D eigenvalue weighted by atomic mass is 32.2. The zero-order chi connectivity index (χ0) is 25.3. The fourth-order valence-corrected chi connectivity index (χ4v) is 6.42. The second kappa shape index (κ2) is 9.67. The van der Waals surface area contributed by atoms with Gasteiger partial charge in [0.15, 0.2) is 11.5 Å². The number of nitrogens with zero attached hydrogens (tertiary/aromatic N) is 2. The molecule has 1 aromatic heterocycles. The van der Waals surface area contributed by atoms with Crippen LogP contribution in [0.25, 0.3) is 10.2 Å². The number of amides is 1. The zero-order valence-electron chi connectivity index (χ0n) is 19.3. The summed E-state index contributed by atoms with van der Waals surface area (Å²) in [6.07, 6.45) is 0. The van der Waals surface area contributed by atoms with Gasteiger partial charge in [0.1, 0.15) is 19.8 Å². The minimum absolute atomic E-state index is 0.0554. The molecule has 0 spiro atoms. The maximum atomic E-state index is 13.6. The minimum Gasteiger partial charge on any atom is -0.486 e. The third-order valence-corrected chi connectivity index (χ3v) is 8.43. The quantitative estimate of drug-likeness (QED) is 0.394. The number of rotatable bonds is 7. The summed E-state index contributed by atoms with van der Waals surface area (Å²) in [5.41, 5.74) is 1.53. The molecule has 0 radical (unpaired) electrons. The first-order valence-electron chi connectivity index (χ1n) is 11.3. The second-order valence-electron chi connectivity index (χ2n) is 8.00. The molecule has 2 heterocycles. The summed E-state index contributed by atoms with van der Waals surface area (Å²) >= 11 is 1.09. The number of nitrogens with one attached hydrogen (secondary N) is 1. The van der Waals surface area contributed by atoms with Gasteiger partial charge in [-0.25, -0.2) is 8.42 Å². The van der Waals surface area contributed by atoms with Gasteiger partial charge in [-0.3, -0.25) is 18.5 Å². The van der Waals surface area contributed by atoms with Crippen molar-refractivity contribution >= 4 is 48.9 Å². The molecule has 0 fully saturated rings. The first kappa shape index (κ1) is 23.9. The Morgan fingerprint density at radius 2 is 1.78 bits per heavy atom. The smallest absolute Gasteiger partial charge is 0.308 e. The van der Waals surface area contributed by atoms with Crippen LogP contribution in [0.1, 0.15) is 6.92 Å². The van der Waals surface area contributed by atoms with Gasteiger partial charge in [0.2, 0.25) is 5.91 Å². The molecule has 0 saturated heterocycles. The van der Waals surface area contributed by atoms with Crippen LogP contribution >= 0.6 is 11.3 Å². The highest BCUT2D eigenvalue weighted by molar-refractivity contribution is 7.92. The Morgan fingerprint density at radius 3 is 2.53 bits per heavy atom. The Kier molecular flexibility index (Phi) is 6.42. The molecular formula is C25H23N3O6S2. The van der Waals surface area contributed by atoms with Crippen LogP contribution in [-0.2, 0) is 21.4 Å². The highest BCUT2D eigenvalue weighted by Gasteiger charge is 2.28. The fraction of sp³-hybridized carbons (Fsp3) is 0.200. The third-order valence-electron chi connectivity index (χ3n) is 5.70. The number of hydrogen-bond acceptors (Lipinski definition) is 7. The van der Waals surface area contributed by atoms with Crippen LogP contribution in [0.15, 0.2) is 76.4 Å². The van der Waals surface area contributed by atoms with Crippen molar-refractivity contribution in [2.75, 3.05) is 29.4 Å². The Balaban J connectivity index is 1.46. The van der Waals surface area contributed by atoms with Crippen molar-refractivity contribution in [3.05, 3.63) is 76.4 Å². The maximum Gasteiger partial charge on any atom is 0.308 e. The van der Waals surface area contributed by atoms with Gasteiger partial charge < -0.3 is 14.8 Å². The summed E-state index contributed by atoms with van der Waals surface area (Å²) in [7, 11) is -4.07. The lowest BCUT2D eigenvalue weighted by Crippen LogP contribution is -2.38. The van der Waals surface area contributed by atoms with Crippen LogP contribution in [0.2, 0.25) is 0 Å². The van der Waals surface area contributed by atoms with E-state index < -0.39 is 22.5 Å². The predicted octanol–water partition coefficient (Wildman–Crippen LogP) is 3.69. The zero-order valence-corrected chi connectivity index (χ0v) is 21.0. The van der Waals surface area contributed by atoms with E-state index in [2.05, 4.69) is 5.32 Å². The average Bonchev–Trinajstić information content (AvgIpc) is 3.21. The number of fused-ring (bicyclic) bond motifs is 2. The lowest BCUT2D eigenvalue weighted by atomic mass is 10.2. The Morgan fingerprint density at radius 1 is 1.03 bits per heavy atom. The average molecular weight is 526 g/mol. The Bertz CT molecular complexity index is 1600. The van der Waals surface area contributed by atoms with E-state index in [4.69, 9.17) is 9.47 Å². The second-order valence-corrected chi connectivity index (χ2v) is 10.9. The number of anilines is 2. The van der Waals surface area contributed by atoms with Crippen molar-refractivity contribution < 1.29 is 22.7 Å². The number of carbonyl (C=O) groups is 1. The van der Waals surface area contributed by atoms with Crippen molar-refractivity contribution in [2.45, 2.75) is 18.4 Å². The lowest BCUT2D eigenvalue weighted by Gasteiger charge is -2.26. The van der Waals surface area contributed by atoms with Gasteiger partial charge >= 0.3 is 4.87 Å². The number of benzene rings is 3. The molecule has 0 saturated carbocycles. The van der Waals surface area contributed by atoms with Crippen LogP contribution in [0.3, 0.4) is 0 Å². The molecule has 1 aliphatic rings. The van der Waals surface area contributed by atoms with E-state index in [-0.39, 0.29) is 15.5 Å². The van der Waals surface area contributed by atoms with E-state index in [1.165, 1.54) is 12.1 Å². The molecule has 0 atom stereocenters. The number of aromatic nitrogens is 1. The molecule has 11 heteroatoms. The fourth-order valence-electron chi connectivity index (χ4n) is 4.00. The van der Waals surface area contributed by atoms with Gasteiger partial charge in [-0.2, -0.15) is 0 Å². The predicted molar refractivity (Wildman–Crippen MR) is 139 cm³/mol. The summed E-state index contributed by atoms with van der Waals surface area (Å²) in [6, 6.07) is 17.9. The first-order valence-corrected chi connectivity index (χ1v) is 13.5. The third kappa shape index (κ3) is 4.54. The molecule has 0 unspecified atom stereocenters. The number of aryl methyl sites for hydroxylation is 1. The van der Waals surface area contributed by atoms with Crippen LogP contribution < -0.4 is 24.0 Å². The molecule has 186 valence electrons. The normalized spacial score (nSPS) is 12.9. The van der Waals surface area contributed by atoms with Gasteiger partial charge in [0.05, 0.1) is 20.8 Å². The van der Waals surface area contributed by atoms with Gasteiger partial charge in [-0.05, 0) is 49.4 Å². The van der Waals surface area contributed by atoms with E-state index in [0.717, 1.165) is 25.9 Å². The van der Waals surface area contributed by atoms with Gasteiger partial charge in [-0.1, -0.05) is 29.5 Å². The molecule has 1 aliphatic heterocycles. The number of thiazole rings is 1. The number of sulfonamides is 1. The number of hydrogen-bond donors (Lipinski definition) is 1. The molecule has 36 heavy (non-hydrogen) atoms. The lowest BCUT2D eigenvalue weighted by molar-refractivity contribution is -0.114. The van der Waals surface area contributed by atoms with Crippen molar-refractivity contribution in [3.63, 3.8) is 0 Å². The van der Waals surface area contributed by atoms with Crippen LogP contribution in [-0.4, -0.2) is 38.7 Å². The summed E-state index contributed by atoms with van der Waals surface area (Å²) in [5, 5.41) is 2.76.